The van der Waals surface area contributed by atoms with E-state index >= 15 is 0 Å². The third kappa shape index (κ3) is 2.49. The van der Waals surface area contributed by atoms with Crippen LogP contribution in [0.3, 0.4) is 0 Å². The minimum Gasteiger partial charge on any atom is -0.472 e. The molecule has 80 valence electrons. The van der Waals surface area contributed by atoms with Crippen LogP contribution in [0.2, 0.25) is 0 Å². The minimum absolute atomic E-state index is 0.409. The molecule has 0 fully saturated rings. The Hall–Kier alpha value is -1.06. The van der Waals surface area contributed by atoms with Crippen molar-refractivity contribution in [3.63, 3.8) is 0 Å². The van der Waals surface area contributed by atoms with Gasteiger partial charge in [0.15, 0.2) is 0 Å². The molecule has 1 unspecified atom stereocenters. The van der Waals surface area contributed by atoms with Crippen LogP contribution in [0.15, 0.2) is 35.1 Å². The zero-order chi connectivity index (χ0) is 10.7. The summed E-state index contributed by atoms with van der Waals surface area (Å²) in [6.45, 7) is 2.12. The van der Waals surface area contributed by atoms with Crippen molar-refractivity contribution in [2.24, 2.45) is 0 Å². The smallest absolute Gasteiger partial charge is 0.0935 e. The molecule has 0 aliphatic rings. The highest BCUT2D eigenvalue weighted by Gasteiger charge is 2.11. The molecule has 0 amide bonds. The van der Waals surface area contributed by atoms with Crippen molar-refractivity contribution in [1.82, 2.24) is 0 Å². The predicted octanol–water partition coefficient (Wildman–Crippen LogP) is 3.18. The van der Waals surface area contributed by atoms with Gasteiger partial charge in [0.2, 0.25) is 0 Å². The Balaban J connectivity index is 2.04. The molecule has 3 heteroatoms. The number of aliphatic hydroxyl groups excluding tert-OH is 1. The van der Waals surface area contributed by atoms with E-state index in [0.29, 0.717) is 6.42 Å². The van der Waals surface area contributed by atoms with Gasteiger partial charge in [0.05, 0.1) is 18.6 Å². The molecule has 15 heavy (non-hydrogen) atoms. The van der Waals surface area contributed by atoms with E-state index in [0.717, 1.165) is 16.9 Å². The zero-order valence-corrected chi connectivity index (χ0v) is 9.46. The fraction of sp³-hybridized carbons (Fsp3) is 0.333. The van der Waals surface area contributed by atoms with Gasteiger partial charge in [-0.05, 0) is 30.2 Å². The van der Waals surface area contributed by atoms with Crippen molar-refractivity contribution in [1.29, 1.82) is 0 Å². The van der Waals surface area contributed by atoms with E-state index in [1.165, 1.54) is 4.88 Å². The van der Waals surface area contributed by atoms with E-state index in [1.54, 1.807) is 23.9 Å². The maximum Gasteiger partial charge on any atom is 0.0935 e. The molecule has 2 heterocycles. The van der Waals surface area contributed by atoms with E-state index in [4.69, 9.17) is 4.42 Å². The molecule has 2 rings (SSSR count). The number of thiophene rings is 1. The Morgan fingerprint density at radius 2 is 2.27 bits per heavy atom. The van der Waals surface area contributed by atoms with Gasteiger partial charge in [0.25, 0.3) is 0 Å². The van der Waals surface area contributed by atoms with Crippen LogP contribution in [-0.2, 0) is 12.8 Å². The van der Waals surface area contributed by atoms with Crippen molar-refractivity contribution in [2.45, 2.75) is 25.9 Å². The normalized spacial score (nSPS) is 12.9. The summed E-state index contributed by atoms with van der Waals surface area (Å²) < 4.78 is 4.97. The molecule has 2 nitrogen and oxygen atoms in total. The summed E-state index contributed by atoms with van der Waals surface area (Å²) >= 11 is 1.68. The van der Waals surface area contributed by atoms with E-state index in [-0.39, 0.29) is 0 Å². The van der Waals surface area contributed by atoms with Crippen LogP contribution in [-0.4, -0.2) is 5.11 Å². The highest BCUT2D eigenvalue weighted by molar-refractivity contribution is 7.12. The second-order valence-electron chi connectivity index (χ2n) is 3.51. The van der Waals surface area contributed by atoms with Gasteiger partial charge in [-0.2, -0.15) is 0 Å². The number of furan rings is 1. The topological polar surface area (TPSA) is 33.4 Å². The first-order valence-electron chi connectivity index (χ1n) is 5.07. The molecule has 0 saturated heterocycles. The maximum absolute atomic E-state index is 9.97. The molecule has 2 aromatic heterocycles. The summed E-state index contributed by atoms with van der Waals surface area (Å²) in [4.78, 5) is 2.35. The van der Waals surface area contributed by atoms with Crippen LogP contribution in [0.1, 0.15) is 28.3 Å². The quantitative estimate of drug-likeness (QED) is 0.862. The summed E-state index contributed by atoms with van der Waals surface area (Å²) in [5.41, 5.74) is 1.04. The van der Waals surface area contributed by atoms with Crippen molar-refractivity contribution in [2.75, 3.05) is 0 Å². The van der Waals surface area contributed by atoms with Gasteiger partial charge in [0.1, 0.15) is 0 Å². The first-order chi connectivity index (χ1) is 7.29. The van der Waals surface area contributed by atoms with Crippen LogP contribution in [0.25, 0.3) is 0 Å². The number of aliphatic hydroxyl groups is 1. The van der Waals surface area contributed by atoms with Crippen LogP contribution >= 0.6 is 11.3 Å². The molecular weight excluding hydrogens is 208 g/mol. The van der Waals surface area contributed by atoms with Gasteiger partial charge in [0, 0.05) is 16.2 Å². The second-order valence-corrected chi connectivity index (χ2v) is 4.71. The van der Waals surface area contributed by atoms with Crippen molar-refractivity contribution < 1.29 is 9.52 Å². The molecule has 1 N–H and O–H groups in total. The number of aryl methyl sites for hydroxylation is 1. The summed E-state index contributed by atoms with van der Waals surface area (Å²) in [6, 6.07) is 5.98. The molecule has 0 saturated carbocycles. The molecule has 0 radical (unpaired) electrons. The molecule has 0 aliphatic carbocycles. The van der Waals surface area contributed by atoms with Gasteiger partial charge in [-0.3, -0.25) is 0 Å². The fourth-order valence-electron chi connectivity index (χ4n) is 1.50. The lowest BCUT2D eigenvalue weighted by Gasteiger charge is -2.05. The van der Waals surface area contributed by atoms with E-state index < -0.39 is 6.10 Å². The molecule has 0 aliphatic heterocycles. The Labute approximate surface area is 93.2 Å². The van der Waals surface area contributed by atoms with Crippen molar-refractivity contribution in [3.05, 3.63) is 46.0 Å². The second kappa shape index (κ2) is 4.64. The number of hydrogen-bond acceptors (Lipinski definition) is 3. The molecule has 0 aromatic carbocycles. The van der Waals surface area contributed by atoms with Gasteiger partial charge in [-0.25, -0.2) is 0 Å². The first kappa shape index (κ1) is 10.5. The summed E-state index contributed by atoms with van der Waals surface area (Å²) in [7, 11) is 0. The van der Waals surface area contributed by atoms with E-state index in [2.05, 4.69) is 13.0 Å². The van der Waals surface area contributed by atoms with Crippen molar-refractivity contribution >= 4 is 11.3 Å². The molecular formula is C12H14O2S. The van der Waals surface area contributed by atoms with E-state index in [1.807, 2.05) is 12.1 Å². The van der Waals surface area contributed by atoms with Gasteiger partial charge in [-0.15, -0.1) is 11.3 Å². The zero-order valence-electron chi connectivity index (χ0n) is 8.64. The molecule has 2 aromatic rings. The molecule has 1 atom stereocenters. The van der Waals surface area contributed by atoms with Gasteiger partial charge >= 0.3 is 0 Å². The van der Waals surface area contributed by atoms with E-state index in [9.17, 15) is 5.11 Å². The molecule has 0 spiro atoms. The van der Waals surface area contributed by atoms with Crippen LogP contribution in [0.5, 0.6) is 0 Å². The van der Waals surface area contributed by atoms with Crippen molar-refractivity contribution in [3.8, 4) is 0 Å². The number of rotatable bonds is 4. The Morgan fingerprint density at radius 3 is 2.87 bits per heavy atom. The van der Waals surface area contributed by atoms with Gasteiger partial charge in [-0.1, -0.05) is 6.92 Å². The lowest BCUT2D eigenvalue weighted by atomic mass is 10.1. The van der Waals surface area contributed by atoms with Gasteiger partial charge < -0.3 is 9.52 Å². The first-order valence-corrected chi connectivity index (χ1v) is 5.89. The Bertz CT molecular complexity index is 403. The third-order valence-electron chi connectivity index (χ3n) is 2.37. The van der Waals surface area contributed by atoms with Crippen LogP contribution in [0, 0.1) is 0 Å². The monoisotopic (exact) mass is 222 g/mol. The average molecular weight is 222 g/mol. The third-order valence-corrected chi connectivity index (χ3v) is 3.70. The highest BCUT2D eigenvalue weighted by Crippen LogP contribution is 2.26. The summed E-state index contributed by atoms with van der Waals surface area (Å²) in [5, 5.41) is 9.97. The fourth-order valence-corrected chi connectivity index (χ4v) is 2.43. The maximum atomic E-state index is 9.97. The van der Waals surface area contributed by atoms with Crippen LogP contribution < -0.4 is 0 Å². The summed E-state index contributed by atoms with van der Waals surface area (Å²) in [5.74, 6) is 0. The number of hydrogen-bond donors (Lipinski definition) is 1. The van der Waals surface area contributed by atoms with Crippen LogP contribution in [0.4, 0.5) is 0 Å². The average Bonchev–Trinajstić information content (AvgIpc) is 2.86. The predicted molar refractivity (Wildman–Crippen MR) is 61.1 cm³/mol. The Kier molecular flexibility index (Phi) is 3.23. The summed E-state index contributed by atoms with van der Waals surface area (Å²) in [6.07, 6.45) is 4.56. The molecule has 0 bridgehead atoms. The minimum atomic E-state index is -0.409. The largest absolute Gasteiger partial charge is 0.472 e. The standard InChI is InChI=1S/C12H14O2S/c1-2-10-3-4-12(15-10)11(13)7-9-5-6-14-8-9/h3-6,8,11,13H,2,7H2,1H3. The SMILES string of the molecule is CCc1ccc(C(O)Cc2ccoc2)s1. The lowest BCUT2D eigenvalue weighted by molar-refractivity contribution is 0.182. The highest BCUT2D eigenvalue weighted by atomic mass is 32.1. The lowest BCUT2D eigenvalue weighted by Crippen LogP contribution is -1.97. The Morgan fingerprint density at radius 1 is 1.40 bits per heavy atom.